The Morgan fingerprint density at radius 1 is 1.45 bits per heavy atom. The lowest BCUT2D eigenvalue weighted by molar-refractivity contribution is -0.0213. The third kappa shape index (κ3) is 7.38. The fourth-order valence-electron chi connectivity index (χ4n) is 1.30. The number of hydrazine groups is 1. The van der Waals surface area contributed by atoms with Gasteiger partial charge in [0.25, 0.3) is 0 Å². The fraction of sp³-hybridized carbons (Fsp3) is 0.643. The van der Waals surface area contributed by atoms with E-state index in [0.717, 1.165) is 19.0 Å². The maximum Gasteiger partial charge on any atom is 0.429 e. The van der Waals surface area contributed by atoms with Crippen LogP contribution in [-0.2, 0) is 4.74 Å². The standard InChI is InChI=1S/C14H24ClFN2O2/c1-7-8-9-18(13(19)20-14(3,4)5)17(6)10-12(16)11(2)15/h10H,2,7-9H2,1,3-6H3/b12-10+. The molecule has 0 unspecified atom stereocenters. The highest BCUT2D eigenvalue weighted by Crippen LogP contribution is 2.16. The van der Waals surface area contributed by atoms with E-state index in [-0.39, 0.29) is 5.03 Å². The van der Waals surface area contributed by atoms with Crippen LogP contribution in [0.1, 0.15) is 40.5 Å². The lowest BCUT2D eigenvalue weighted by atomic mass is 10.2. The topological polar surface area (TPSA) is 32.8 Å². The number of allylic oxidation sites excluding steroid dienone is 2. The summed E-state index contributed by atoms with van der Waals surface area (Å²) in [5.41, 5.74) is -0.610. The van der Waals surface area contributed by atoms with E-state index < -0.39 is 17.5 Å². The molecule has 0 saturated heterocycles. The molecule has 0 aliphatic heterocycles. The predicted octanol–water partition coefficient (Wildman–Crippen LogP) is 4.43. The maximum absolute atomic E-state index is 13.5. The summed E-state index contributed by atoms with van der Waals surface area (Å²) in [5.74, 6) is -0.695. The number of carbonyl (C=O) groups is 1. The molecule has 0 fully saturated rings. The monoisotopic (exact) mass is 306 g/mol. The summed E-state index contributed by atoms with van der Waals surface area (Å²) in [5, 5.41) is 2.44. The smallest absolute Gasteiger partial charge is 0.429 e. The number of unbranched alkanes of at least 4 members (excludes halogenated alkanes) is 1. The summed E-state index contributed by atoms with van der Waals surface area (Å²) in [6.07, 6.45) is 2.26. The number of hydrogen-bond donors (Lipinski definition) is 0. The van der Waals surface area contributed by atoms with Crippen molar-refractivity contribution in [1.82, 2.24) is 10.0 Å². The van der Waals surface area contributed by atoms with Crippen molar-refractivity contribution in [3.05, 3.63) is 23.6 Å². The fourth-order valence-corrected chi connectivity index (χ4v) is 1.35. The van der Waals surface area contributed by atoms with Crippen molar-refractivity contribution in [1.29, 1.82) is 0 Å². The Hall–Kier alpha value is -1.23. The highest BCUT2D eigenvalue weighted by Gasteiger charge is 2.24. The van der Waals surface area contributed by atoms with Crippen molar-refractivity contribution >= 4 is 17.7 Å². The van der Waals surface area contributed by atoms with Gasteiger partial charge < -0.3 is 4.74 Å². The van der Waals surface area contributed by atoms with Gasteiger partial charge in [0, 0.05) is 13.6 Å². The maximum atomic E-state index is 13.5. The van der Waals surface area contributed by atoms with Gasteiger partial charge in [-0.05, 0) is 27.2 Å². The molecule has 1 amide bonds. The van der Waals surface area contributed by atoms with E-state index in [4.69, 9.17) is 16.3 Å². The largest absolute Gasteiger partial charge is 0.442 e. The van der Waals surface area contributed by atoms with Crippen LogP contribution in [0.15, 0.2) is 23.6 Å². The van der Waals surface area contributed by atoms with Crippen LogP contribution in [-0.4, -0.2) is 35.3 Å². The van der Waals surface area contributed by atoms with Gasteiger partial charge in [0.2, 0.25) is 0 Å². The van der Waals surface area contributed by atoms with Gasteiger partial charge in [0.1, 0.15) is 5.60 Å². The quantitative estimate of drug-likeness (QED) is 0.537. The van der Waals surface area contributed by atoms with Crippen LogP contribution in [0.2, 0.25) is 0 Å². The van der Waals surface area contributed by atoms with Gasteiger partial charge in [-0.2, -0.15) is 0 Å². The molecule has 0 aromatic heterocycles. The summed E-state index contributed by atoms with van der Waals surface area (Å²) in [4.78, 5) is 12.1. The Morgan fingerprint density at radius 3 is 2.40 bits per heavy atom. The van der Waals surface area contributed by atoms with Crippen LogP contribution in [0, 0.1) is 0 Å². The number of rotatable bonds is 6. The molecule has 0 aliphatic rings. The van der Waals surface area contributed by atoms with Crippen molar-refractivity contribution < 1.29 is 13.9 Å². The number of carbonyl (C=O) groups excluding carboxylic acids is 1. The van der Waals surface area contributed by atoms with Gasteiger partial charge >= 0.3 is 6.09 Å². The molecular weight excluding hydrogens is 283 g/mol. The van der Waals surface area contributed by atoms with Gasteiger partial charge in [-0.15, -0.1) is 0 Å². The highest BCUT2D eigenvalue weighted by molar-refractivity contribution is 6.31. The summed E-state index contributed by atoms with van der Waals surface area (Å²) < 4.78 is 18.8. The van der Waals surface area contributed by atoms with Crippen LogP contribution in [0.5, 0.6) is 0 Å². The molecular formula is C14H24ClFN2O2. The Morgan fingerprint density at radius 2 is 2.00 bits per heavy atom. The van der Waals surface area contributed by atoms with Crippen LogP contribution < -0.4 is 0 Å². The van der Waals surface area contributed by atoms with Gasteiger partial charge in [0.15, 0.2) is 5.83 Å². The molecule has 0 atom stereocenters. The third-order valence-corrected chi connectivity index (χ3v) is 2.45. The first-order chi connectivity index (χ1) is 9.08. The Labute approximate surface area is 125 Å². The van der Waals surface area contributed by atoms with Crippen LogP contribution in [0.4, 0.5) is 9.18 Å². The van der Waals surface area contributed by atoms with Crippen LogP contribution in [0.25, 0.3) is 0 Å². The molecule has 20 heavy (non-hydrogen) atoms. The molecule has 0 aliphatic carbocycles. The first kappa shape index (κ1) is 18.8. The lowest BCUT2D eigenvalue weighted by Gasteiger charge is -2.32. The van der Waals surface area contributed by atoms with E-state index in [9.17, 15) is 9.18 Å². The van der Waals surface area contributed by atoms with E-state index in [1.165, 1.54) is 10.0 Å². The summed E-state index contributed by atoms with van der Waals surface area (Å²) in [6.45, 7) is 11.1. The zero-order chi connectivity index (χ0) is 15.9. The minimum Gasteiger partial charge on any atom is -0.442 e. The SMILES string of the molecule is C=C(Cl)/C(F)=C\N(C)N(CCCC)C(=O)OC(C)(C)C. The Balaban J connectivity index is 5.00. The van der Waals surface area contributed by atoms with E-state index >= 15 is 0 Å². The van der Waals surface area contributed by atoms with Crippen molar-refractivity contribution in [2.75, 3.05) is 13.6 Å². The molecule has 0 heterocycles. The van der Waals surface area contributed by atoms with Crippen LogP contribution >= 0.6 is 11.6 Å². The molecule has 0 rings (SSSR count). The number of nitrogens with zero attached hydrogens (tertiary/aromatic N) is 2. The van der Waals surface area contributed by atoms with E-state index in [1.54, 1.807) is 27.8 Å². The average molecular weight is 307 g/mol. The van der Waals surface area contributed by atoms with Gasteiger partial charge in [-0.25, -0.2) is 14.2 Å². The summed E-state index contributed by atoms with van der Waals surface area (Å²) >= 11 is 5.47. The summed E-state index contributed by atoms with van der Waals surface area (Å²) in [7, 11) is 1.55. The average Bonchev–Trinajstić information content (AvgIpc) is 2.26. The van der Waals surface area contributed by atoms with Crippen LogP contribution in [0.3, 0.4) is 0 Å². The zero-order valence-electron chi connectivity index (χ0n) is 12.9. The Bertz CT molecular complexity index is 378. The molecule has 116 valence electrons. The predicted molar refractivity (Wildman–Crippen MR) is 79.8 cm³/mol. The second kappa shape index (κ2) is 8.15. The lowest BCUT2D eigenvalue weighted by Crippen LogP contribution is -2.44. The first-order valence-corrected chi connectivity index (χ1v) is 6.91. The van der Waals surface area contributed by atoms with E-state index in [0.29, 0.717) is 6.54 Å². The molecule has 4 nitrogen and oxygen atoms in total. The van der Waals surface area contributed by atoms with Crippen molar-refractivity contribution in [2.24, 2.45) is 0 Å². The molecule has 0 bridgehead atoms. The van der Waals surface area contributed by atoms with Gasteiger partial charge in [0.05, 0.1) is 11.2 Å². The van der Waals surface area contributed by atoms with Gasteiger partial charge in [-0.3, -0.25) is 5.01 Å². The number of amides is 1. The van der Waals surface area contributed by atoms with E-state index in [1.807, 2.05) is 6.92 Å². The first-order valence-electron chi connectivity index (χ1n) is 6.53. The Kier molecular flexibility index (Phi) is 7.64. The highest BCUT2D eigenvalue weighted by atomic mass is 35.5. The molecule has 0 spiro atoms. The summed E-state index contributed by atoms with van der Waals surface area (Å²) in [6, 6.07) is 0. The number of hydrogen-bond acceptors (Lipinski definition) is 3. The van der Waals surface area contributed by atoms with E-state index in [2.05, 4.69) is 6.58 Å². The molecule has 0 aromatic carbocycles. The van der Waals surface area contributed by atoms with Crippen molar-refractivity contribution in [3.63, 3.8) is 0 Å². The van der Waals surface area contributed by atoms with Crippen molar-refractivity contribution in [2.45, 2.75) is 46.1 Å². The molecule has 0 saturated carbocycles. The number of halogens is 2. The van der Waals surface area contributed by atoms with Gasteiger partial charge in [-0.1, -0.05) is 31.5 Å². The normalized spacial score (nSPS) is 12.1. The molecule has 6 heteroatoms. The molecule has 0 N–H and O–H groups in total. The number of ether oxygens (including phenoxy) is 1. The third-order valence-electron chi connectivity index (χ3n) is 2.27. The minimum absolute atomic E-state index is 0.212. The second-order valence-corrected chi connectivity index (χ2v) is 5.87. The minimum atomic E-state index is -0.695. The van der Waals surface area contributed by atoms with Crippen molar-refractivity contribution in [3.8, 4) is 0 Å². The molecule has 0 aromatic rings. The second-order valence-electron chi connectivity index (χ2n) is 5.41. The zero-order valence-corrected chi connectivity index (χ0v) is 13.6. The molecule has 0 radical (unpaired) electrons.